The van der Waals surface area contributed by atoms with Crippen molar-refractivity contribution in [3.8, 4) is 5.75 Å². The first-order chi connectivity index (χ1) is 16.8. The summed E-state index contributed by atoms with van der Waals surface area (Å²) < 4.78 is 16.3. The number of esters is 2. The van der Waals surface area contributed by atoms with Crippen LogP contribution in [0.3, 0.4) is 0 Å². The van der Waals surface area contributed by atoms with Crippen molar-refractivity contribution in [2.75, 3.05) is 14.2 Å². The van der Waals surface area contributed by atoms with Crippen molar-refractivity contribution in [3.05, 3.63) is 52.4 Å². The minimum absolute atomic E-state index is 0.123. The molecule has 1 aromatic rings. The molecule has 7 heteroatoms. The summed E-state index contributed by atoms with van der Waals surface area (Å²) in [6.45, 7) is 3.73. The van der Waals surface area contributed by atoms with Crippen LogP contribution in [-0.4, -0.2) is 38.0 Å². The second-order valence-electron chi connectivity index (χ2n) is 9.83. The fourth-order valence-electron chi connectivity index (χ4n) is 5.66. The summed E-state index contributed by atoms with van der Waals surface area (Å²) >= 11 is 0. The molecule has 188 valence electrons. The Kier molecular flexibility index (Phi) is 7.63. The number of hydrogen-bond acceptors (Lipinski definition) is 7. The van der Waals surface area contributed by atoms with Crippen molar-refractivity contribution >= 4 is 17.7 Å². The van der Waals surface area contributed by atoms with E-state index in [4.69, 9.17) is 14.2 Å². The van der Waals surface area contributed by atoms with Crippen LogP contribution in [0.15, 0.2) is 46.8 Å². The first-order valence-electron chi connectivity index (χ1n) is 12.5. The number of rotatable bonds is 5. The molecule has 2 aliphatic carbocycles. The molecule has 7 nitrogen and oxygen atoms in total. The van der Waals surface area contributed by atoms with Crippen molar-refractivity contribution in [1.29, 1.82) is 0 Å². The standard InChI is InChI=1S/C28H35NO6/c1-16-15-21-25(26(30)22(16)27(31)34-4)24(18-11-13-19(33-3)14-12-18)23(17(2)29-21)28(32)35-20-9-7-5-6-8-10-20/h11-14,16,20,22,24,29H,5-10,15H2,1-4H3/t16-,22+,24+/m1/s1. The lowest BCUT2D eigenvalue weighted by Gasteiger charge is -2.38. The van der Waals surface area contributed by atoms with E-state index in [1.54, 1.807) is 7.11 Å². The summed E-state index contributed by atoms with van der Waals surface area (Å²) in [6, 6.07) is 7.36. The first-order valence-corrected chi connectivity index (χ1v) is 12.5. The molecule has 1 saturated carbocycles. The molecule has 0 amide bonds. The Morgan fingerprint density at radius 1 is 1.00 bits per heavy atom. The van der Waals surface area contributed by atoms with Crippen LogP contribution >= 0.6 is 0 Å². The normalized spacial score (nSPS) is 25.4. The monoisotopic (exact) mass is 481 g/mol. The number of benzene rings is 1. The SMILES string of the molecule is COC(=O)[C@@H]1C(=O)C2=C(C[C@H]1C)NC(C)=C(C(=O)OC1CCCCCC1)[C@@H]2c1ccc(OC)cc1. The number of ketones is 1. The van der Waals surface area contributed by atoms with Gasteiger partial charge in [-0.15, -0.1) is 0 Å². The Morgan fingerprint density at radius 2 is 1.66 bits per heavy atom. The molecule has 35 heavy (non-hydrogen) atoms. The number of ether oxygens (including phenoxy) is 3. The second-order valence-corrected chi connectivity index (χ2v) is 9.83. The minimum Gasteiger partial charge on any atom is -0.497 e. The zero-order chi connectivity index (χ0) is 25.1. The number of allylic oxidation sites excluding steroid dienone is 3. The number of Topliss-reactive ketones (excluding diaryl/α,β-unsaturated/α-hetero) is 1. The second kappa shape index (κ2) is 10.7. The van der Waals surface area contributed by atoms with Crippen molar-refractivity contribution < 1.29 is 28.6 Å². The molecular formula is C28H35NO6. The summed E-state index contributed by atoms with van der Waals surface area (Å²) in [5, 5.41) is 3.32. The van der Waals surface area contributed by atoms with Gasteiger partial charge in [-0.1, -0.05) is 31.9 Å². The van der Waals surface area contributed by atoms with Crippen molar-refractivity contribution in [2.24, 2.45) is 11.8 Å². The number of methoxy groups -OCH3 is 2. The zero-order valence-corrected chi connectivity index (χ0v) is 21.0. The summed E-state index contributed by atoms with van der Waals surface area (Å²) in [5.41, 5.74) is 3.08. The van der Waals surface area contributed by atoms with Crippen molar-refractivity contribution in [1.82, 2.24) is 5.32 Å². The maximum atomic E-state index is 13.8. The zero-order valence-electron chi connectivity index (χ0n) is 21.0. The van der Waals surface area contributed by atoms with Gasteiger partial charge in [0.05, 0.1) is 19.8 Å². The Morgan fingerprint density at radius 3 is 2.26 bits per heavy atom. The highest BCUT2D eigenvalue weighted by Gasteiger charge is 2.47. The molecule has 3 atom stereocenters. The number of hydrogen-bond donors (Lipinski definition) is 1. The van der Waals surface area contributed by atoms with E-state index in [1.165, 1.54) is 7.11 Å². The lowest BCUT2D eigenvalue weighted by Crippen LogP contribution is -2.43. The summed E-state index contributed by atoms with van der Waals surface area (Å²) in [6.07, 6.45) is 6.50. The Hall–Kier alpha value is -3.09. The van der Waals surface area contributed by atoms with Crippen LogP contribution in [0.4, 0.5) is 0 Å². The summed E-state index contributed by atoms with van der Waals surface area (Å²) in [5.74, 6) is -2.33. The van der Waals surface area contributed by atoms with E-state index in [1.807, 2.05) is 38.1 Å². The molecule has 1 aromatic carbocycles. The van der Waals surface area contributed by atoms with E-state index in [0.717, 1.165) is 49.8 Å². The molecule has 1 heterocycles. The van der Waals surface area contributed by atoms with Gasteiger partial charge in [0, 0.05) is 22.9 Å². The van der Waals surface area contributed by atoms with E-state index in [2.05, 4.69) is 5.32 Å². The number of dihydropyridines is 1. The van der Waals surface area contributed by atoms with Gasteiger partial charge in [0.15, 0.2) is 5.78 Å². The quantitative estimate of drug-likeness (QED) is 0.374. The van der Waals surface area contributed by atoms with Crippen LogP contribution in [0.25, 0.3) is 0 Å². The number of carbonyl (C=O) groups is 3. The van der Waals surface area contributed by atoms with Gasteiger partial charge >= 0.3 is 11.9 Å². The lowest BCUT2D eigenvalue weighted by atomic mass is 9.69. The van der Waals surface area contributed by atoms with E-state index in [-0.39, 0.29) is 17.8 Å². The number of carbonyl (C=O) groups excluding carboxylic acids is 3. The van der Waals surface area contributed by atoms with E-state index < -0.39 is 23.8 Å². The highest BCUT2D eigenvalue weighted by molar-refractivity contribution is 6.12. The Balaban J connectivity index is 1.76. The number of nitrogens with one attached hydrogen (secondary N) is 1. The topological polar surface area (TPSA) is 90.9 Å². The highest BCUT2D eigenvalue weighted by atomic mass is 16.5. The summed E-state index contributed by atoms with van der Waals surface area (Å²) in [7, 11) is 2.89. The molecule has 0 spiro atoms. The maximum absolute atomic E-state index is 13.8. The maximum Gasteiger partial charge on any atom is 0.337 e. The van der Waals surface area contributed by atoms with Gasteiger partial charge in [-0.25, -0.2) is 4.79 Å². The van der Waals surface area contributed by atoms with Gasteiger partial charge < -0.3 is 19.5 Å². The molecule has 0 radical (unpaired) electrons. The molecule has 1 N–H and O–H groups in total. The van der Waals surface area contributed by atoms with Gasteiger partial charge in [-0.3, -0.25) is 9.59 Å². The average molecular weight is 482 g/mol. The molecule has 0 bridgehead atoms. The molecule has 1 fully saturated rings. The average Bonchev–Trinajstić information content (AvgIpc) is 3.11. The highest BCUT2D eigenvalue weighted by Crippen LogP contribution is 2.46. The molecule has 1 aliphatic heterocycles. The third-order valence-corrected chi connectivity index (χ3v) is 7.49. The van der Waals surface area contributed by atoms with Crippen LogP contribution in [-0.2, 0) is 23.9 Å². The molecule has 0 aromatic heterocycles. The van der Waals surface area contributed by atoms with Crippen molar-refractivity contribution in [2.45, 2.75) is 70.8 Å². The molecule has 4 rings (SSSR count). The van der Waals surface area contributed by atoms with Crippen LogP contribution < -0.4 is 10.1 Å². The first kappa shape index (κ1) is 25.0. The largest absolute Gasteiger partial charge is 0.497 e. The van der Waals surface area contributed by atoms with Crippen LogP contribution in [0.2, 0.25) is 0 Å². The van der Waals surface area contributed by atoms with E-state index >= 15 is 0 Å². The summed E-state index contributed by atoms with van der Waals surface area (Å²) in [4.78, 5) is 40.0. The molecule has 0 unspecified atom stereocenters. The van der Waals surface area contributed by atoms with E-state index in [9.17, 15) is 14.4 Å². The molecular weight excluding hydrogens is 446 g/mol. The fourth-order valence-corrected chi connectivity index (χ4v) is 5.66. The Labute approximate surface area is 206 Å². The van der Waals surface area contributed by atoms with E-state index in [0.29, 0.717) is 29.0 Å². The van der Waals surface area contributed by atoms with Gasteiger partial charge in [0.1, 0.15) is 17.8 Å². The van der Waals surface area contributed by atoms with Crippen LogP contribution in [0, 0.1) is 11.8 Å². The smallest absolute Gasteiger partial charge is 0.337 e. The predicted molar refractivity (Wildman–Crippen MR) is 130 cm³/mol. The minimum atomic E-state index is -0.904. The predicted octanol–water partition coefficient (Wildman–Crippen LogP) is 4.57. The van der Waals surface area contributed by atoms with Gasteiger partial charge in [0.25, 0.3) is 0 Å². The fraction of sp³-hybridized carbons (Fsp3) is 0.536. The van der Waals surface area contributed by atoms with Crippen LogP contribution in [0.1, 0.15) is 70.3 Å². The van der Waals surface area contributed by atoms with Gasteiger partial charge in [-0.2, -0.15) is 0 Å². The van der Waals surface area contributed by atoms with Gasteiger partial charge in [0.2, 0.25) is 0 Å². The van der Waals surface area contributed by atoms with Crippen LogP contribution in [0.5, 0.6) is 5.75 Å². The van der Waals surface area contributed by atoms with Crippen molar-refractivity contribution in [3.63, 3.8) is 0 Å². The third kappa shape index (κ3) is 5.00. The lowest BCUT2D eigenvalue weighted by molar-refractivity contribution is -0.151. The van der Waals surface area contributed by atoms with Gasteiger partial charge in [-0.05, 0) is 62.6 Å². The Bertz CT molecular complexity index is 1050. The molecule has 3 aliphatic rings. The molecule has 0 saturated heterocycles. The third-order valence-electron chi connectivity index (χ3n) is 7.49.